The maximum Gasteiger partial charge on any atom is 0.251 e. The summed E-state index contributed by atoms with van der Waals surface area (Å²) >= 11 is 0. The Labute approximate surface area is 139 Å². The summed E-state index contributed by atoms with van der Waals surface area (Å²) in [6.45, 7) is 2.32. The molecule has 4 nitrogen and oxygen atoms in total. The van der Waals surface area contributed by atoms with E-state index in [2.05, 4.69) is 15.2 Å². The van der Waals surface area contributed by atoms with Crippen LogP contribution < -0.4 is 10.2 Å². The van der Waals surface area contributed by atoms with Gasteiger partial charge in [-0.1, -0.05) is 6.07 Å². The summed E-state index contributed by atoms with van der Waals surface area (Å²) in [6, 6.07) is 9.03. The number of hydrogen-bond acceptors (Lipinski definition) is 3. The van der Waals surface area contributed by atoms with E-state index in [4.69, 9.17) is 0 Å². The standard InChI is InChI=1S/C18H19F2N3O/c19-15-5-4-14(11-16(15)20)18(24)22-12-13-6-9-23(10-7-13)17-3-1-2-8-21-17/h1-5,8,11,13H,6-7,9-10,12H2,(H,22,24). The van der Waals surface area contributed by atoms with Crippen LogP contribution in [0.4, 0.5) is 14.6 Å². The first kappa shape index (κ1) is 16.4. The second-order valence-corrected chi connectivity index (χ2v) is 5.96. The van der Waals surface area contributed by atoms with Crippen LogP contribution in [0.2, 0.25) is 0 Å². The molecule has 0 saturated carbocycles. The molecule has 1 saturated heterocycles. The smallest absolute Gasteiger partial charge is 0.251 e. The molecule has 0 bridgehead atoms. The van der Waals surface area contributed by atoms with E-state index >= 15 is 0 Å². The van der Waals surface area contributed by atoms with E-state index < -0.39 is 11.6 Å². The molecule has 1 N–H and O–H groups in total. The highest BCUT2D eigenvalue weighted by atomic mass is 19.2. The number of anilines is 1. The van der Waals surface area contributed by atoms with E-state index in [9.17, 15) is 13.6 Å². The van der Waals surface area contributed by atoms with Crippen LogP contribution in [-0.2, 0) is 0 Å². The van der Waals surface area contributed by atoms with Gasteiger partial charge in [-0.25, -0.2) is 13.8 Å². The van der Waals surface area contributed by atoms with Gasteiger partial charge in [0.15, 0.2) is 11.6 Å². The molecule has 0 aliphatic carbocycles. The van der Waals surface area contributed by atoms with Crippen molar-refractivity contribution in [2.45, 2.75) is 12.8 Å². The highest BCUT2D eigenvalue weighted by Crippen LogP contribution is 2.21. The minimum atomic E-state index is -1.01. The fourth-order valence-corrected chi connectivity index (χ4v) is 2.88. The minimum absolute atomic E-state index is 0.139. The third kappa shape index (κ3) is 3.88. The Morgan fingerprint density at radius 1 is 1.17 bits per heavy atom. The van der Waals surface area contributed by atoms with Gasteiger partial charge in [-0.3, -0.25) is 4.79 Å². The molecule has 126 valence electrons. The number of pyridine rings is 1. The summed E-state index contributed by atoms with van der Waals surface area (Å²) in [5.74, 6) is -0.984. The number of halogens is 2. The summed E-state index contributed by atoms with van der Waals surface area (Å²) in [7, 11) is 0. The van der Waals surface area contributed by atoms with E-state index in [1.807, 2.05) is 18.2 Å². The Kier molecular flexibility index (Phi) is 5.03. The summed E-state index contributed by atoms with van der Waals surface area (Å²) in [6.07, 6.45) is 3.69. The number of benzene rings is 1. The average molecular weight is 331 g/mol. The molecule has 6 heteroatoms. The average Bonchev–Trinajstić information content (AvgIpc) is 2.63. The lowest BCUT2D eigenvalue weighted by Gasteiger charge is -2.32. The molecule has 0 unspecified atom stereocenters. The van der Waals surface area contributed by atoms with Crippen molar-refractivity contribution in [3.8, 4) is 0 Å². The maximum atomic E-state index is 13.2. The van der Waals surface area contributed by atoms with E-state index in [1.165, 1.54) is 6.07 Å². The number of piperidine rings is 1. The zero-order valence-corrected chi connectivity index (χ0v) is 13.2. The lowest BCUT2D eigenvalue weighted by molar-refractivity contribution is 0.0944. The molecule has 1 aromatic heterocycles. The van der Waals surface area contributed by atoms with Crippen LogP contribution in [0.5, 0.6) is 0 Å². The van der Waals surface area contributed by atoms with Gasteiger partial charge < -0.3 is 10.2 Å². The molecule has 2 heterocycles. The number of rotatable bonds is 4. The van der Waals surface area contributed by atoms with Crippen molar-refractivity contribution in [3.63, 3.8) is 0 Å². The predicted molar refractivity (Wildman–Crippen MR) is 87.9 cm³/mol. The molecule has 1 aromatic carbocycles. The topological polar surface area (TPSA) is 45.2 Å². The zero-order valence-electron chi connectivity index (χ0n) is 13.2. The second-order valence-electron chi connectivity index (χ2n) is 5.96. The number of carbonyl (C=O) groups excluding carboxylic acids is 1. The molecule has 0 atom stereocenters. The first-order chi connectivity index (χ1) is 11.6. The molecule has 1 amide bonds. The number of carbonyl (C=O) groups is 1. The molecular weight excluding hydrogens is 312 g/mol. The second kappa shape index (κ2) is 7.38. The number of nitrogens with one attached hydrogen (secondary N) is 1. The van der Waals surface area contributed by atoms with Crippen LogP contribution in [-0.4, -0.2) is 30.5 Å². The number of nitrogens with zero attached hydrogens (tertiary/aromatic N) is 2. The molecule has 1 aliphatic heterocycles. The van der Waals surface area contributed by atoms with Crippen molar-refractivity contribution in [2.24, 2.45) is 5.92 Å². The predicted octanol–water partition coefficient (Wildman–Crippen LogP) is 3.01. The Hall–Kier alpha value is -2.50. The van der Waals surface area contributed by atoms with Gasteiger partial charge in [0.1, 0.15) is 5.82 Å². The Morgan fingerprint density at radius 3 is 2.62 bits per heavy atom. The molecule has 2 aromatic rings. The Balaban J connectivity index is 1.48. The van der Waals surface area contributed by atoms with Crippen molar-refractivity contribution in [2.75, 3.05) is 24.5 Å². The Bertz CT molecular complexity index is 701. The van der Waals surface area contributed by atoms with Crippen LogP contribution in [0, 0.1) is 17.6 Å². The third-order valence-corrected chi connectivity index (χ3v) is 4.32. The molecule has 1 fully saturated rings. The number of amides is 1. The SMILES string of the molecule is O=C(NCC1CCN(c2ccccn2)CC1)c1ccc(F)c(F)c1. The first-order valence-corrected chi connectivity index (χ1v) is 8.02. The maximum absolute atomic E-state index is 13.2. The lowest BCUT2D eigenvalue weighted by atomic mass is 9.96. The largest absolute Gasteiger partial charge is 0.357 e. The van der Waals surface area contributed by atoms with Crippen molar-refractivity contribution >= 4 is 11.7 Å². The summed E-state index contributed by atoms with van der Waals surface area (Å²) in [5.41, 5.74) is 0.139. The highest BCUT2D eigenvalue weighted by molar-refractivity contribution is 5.94. The van der Waals surface area contributed by atoms with Crippen LogP contribution >= 0.6 is 0 Å². The normalized spacial score (nSPS) is 15.3. The quantitative estimate of drug-likeness (QED) is 0.937. The van der Waals surface area contributed by atoms with Crippen molar-refractivity contribution in [1.82, 2.24) is 10.3 Å². The molecule has 0 spiro atoms. The van der Waals surface area contributed by atoms with Gasteiger partial charge >= 0.3 is 0 Å². The van der Waals surface area contributed by atoms with Crippen molar-refractivity contribution in [1.29, 1.82) is 0 Å². The van der Waals surface area contributed by atoms with E-state index in [-0.39, 0.29) is 11.5 Å². The molecule has 1 aliphatic rings. The monoisotopic (exact) mass is 331 g/mol. The Morgan fingerprint density at radius 2 is 1.96 bits per heavy atom. The van der Waals surface area contributed by atoms with Gasteiger partial charge in [0.05, 0.1) is 0 Å². The number of aromatic nitrogens is 1. The lowest BCUT2D eigenvalue weighted by Crippen LogP contribution is -2.39. The minimum Gasteiger partial charge on any atom is -0.357 e. The third-order valence-electron chi connectivity index (χ3n) is 4.32. The van der Waals surface area contributed by atoms with E-state index in [0.717, 1.165) is 43.9 Å². The zero-order chi connectivity index (χ0) is 16.9. The van der Waals surface area contributed by atoms with Gasteiger partial charge in [-0.2, -0.15) is 0 Å². The molecule has 0 radical (unpaired) electrons. The van der Waals surface area contributed by atoms with Crippen LogP contribution in [0.3, 0.4) is 0 Å². The highest BCUT2D eigenvalue weighted by Gasteiger charge is 2.20. The van der Waals surface area contributed by atoms with Crippen molar-refractivity contribution < 1.29 is 13.6 Å². The van der Waals surface area contributed by atoms with E-state index in [0.29, 0.717) is 12.5 Å². The van der Waals surface area contributed by atoms with E-state index in [1.54, 1.807) is 6.20 Å². The van der Waals surface area contributed by atoms with Gasteiger partial charge in [0.2, 0.25) is 0 Å². The summed E-state index contributed by atoms with van der Waals surface area (Å²) < 4.78 is 26.1. The molecule has 24 heavy (non-hydrogen) atoms. The molecular formula is C18H19F2N3O. The van der Waals surface area contributed by atoms with Crippen LogP contribution in [0.25, 0.3) is 0 Å². The summed E-state index contributed by atoms with van der Waals surface area (Å²) in [4.78, 5) is 18.6. The van der Waals surface area contributed by atoms with Gasteiger partial charge in [0, 0.05) is 31.4 Å². The molecule has 3 rings (SSSR count). The van der Waals surface area contributed by atoms with Crippen LogP contribution in [0.15, 0.2) is 42.6 Å². The van der Waals surface area contributed by atoms with Gasteiger partial charge in [0.25, 0.3) is 5.91 Å². The fourth-order valence-electron chi connectivity index (χ4n) is 2.88. The number of hydrogen-bond donors (Lipinski definition) is 1. The summed E-state index contributed by atoms with van der Waals surface area (Å²) in [5, 5.41) is 2.81. The van der Waals surface area contributed by atoms with Gasteiger partial charge in [-0.15, -0.1) is 0 Å². The van der Waals surface area contributed by atoms with Crippen LogP contribution in [0.1, 0.15) is 23.2 Å². The fraction of sp³-hybridized carbons (Fsp3) is 0.333. The first-order valence-electron chi connectivity index (χ1n) is 8.02. The van der Waals surface area contributed by atoms with Crippen molar-refractivity contribution in [3.05, 3.63) is 59.8 Å². The van der Waals surface area contributed by atoms with Gasteiger partial charge in [-0.05, 0) is 49.1 Å².